The second kappa shape index (κ2) is 4.66. The lowest BCUT2D eigenvalue weighted by atomic mass is 9.54. The number of hydrogen-bond donors (Lipinski definition) is 1. The van der Waals surface area contributed by atoms with Crippen molar-refractivity contribution in [3.63, 3.8) is 0 Å². The third-order valence-electron chi connectivity index (χ3n) is 5.99. The van der Waals surface area contributed by atoms with Crippen molar-refractivity contribution >= 4 is 17.7 Å². The van der Waals surface area contributed by atoms with Gasteiger partial charge in [-0.3, -0.25) is 10.1 Å². The van der Waals surface area contributed by atoms with Crippen molar-refractivity contribution in [2.24, 2.45) is 23.7 Å². The molecule has 0 aromatic rings. The highest BCUT2D eigenvalue weighted by atomic mass is 32.2. The van der Waals surface area contributed by atoms with Gasteiger partial charge in [-0.05, 0) is 55.8 Å². The van der Waals surface area contributed by atoms with Crippen LogP contribution in [0.15, 0.2) is 0 Å². The molecule has 3 nitrogen and oxygen atoms in total. The highest BCUT2D eigenvalue weighted by Gasteiger charge is 2.50. The van der Waals surface area contributed by atoms with E-state index in [1.807, 2.05) is 11.8 Å². The van der Waals surface area contributed by atoms with Crippen LogP contribution < -0.4 is 5.32 Å². The van der Waals surface area contributed by atoms with Crippen LogP contribution in [0.4, 0.5) is 0 Å². The summed E-state index contributed by atoms with van der Waals surface area (Å²) >= 11 is 1.84. The quantitative estimate of drug-likeness (QED) is 0.839. The molecule has 1 saturated heterocycles. The van der Waals surface area contributed by atoms with Crippen LogP contribution >= 0.6 is 11.8 Å². The van der Waals surface area contributed by atoms with E-state index in [2.05, 4.69) is 17.3 Å². The van der Waals surface area contributed by atoms with Crippen molar-refractivity contribution in [3.05, 3.63) is 0 Å². The van der Waals surface area contributed by atoms with Crippen molar-refractivity contribution in [3.8, 4) is 0 Å². The van der Waals surface area contributed by atoms with Crippen molar-refractivity contribution in [2.75, 3.05) is 18.7 Å². The standard InChI is InChI=1S/C15H24N2OS/c1-17(15(18)13-7-19-8-16-13)14-11-3-9-2-10(5-11)6-12(14)4-9/h9-14,16H,2-8H2,1H3. The maximum absolute atomic E-state index is 12.6. The van der Waals surface area contributed by atoms with Crippen LogP contribution in [0, 0.1) is 23.7 Å². The summed E-state index contributed by atoms with van der Waals surface area (Å²) in [5, 5.41) is 3.33. The van der Waals surface area contributed by atoms with Gasteiger partial charge in [0.1, 0.15) is 0 Å². The summed E-state index contributed by atoms with van der Waals surface area (Å²) in [4.78, 5) is 14.8. The van der Waals surface area contributed by atoms with Crippen LogP contribution in [0.1, 0.15) is 32.1 Å². The largest absolute Gasteiger partial charge is 0.341 e. The molecule has 5 rings (SSSR count). The molecule has 1 amide bonds. The summed E-state index contributed by atoms with van der Waals surface area (Å²) in [5.41, 5.74) is 0. The van der Waals surface area contributed by atoms with E-state index in [1.165, 1.54) is 32.1 Å². The minimum absolute atomic E-state index is 0.0761. The average Bonchev–Trinajstić information content (AvgIpc) is 2.90. The second-order valence-corrected chi connectivity index (χ2v) is 8.17. The van der Waals surface area contributed by atoms with Gasteiger partial charge in [-0.15, -0.1) is 11.8 Å². The molecule has 5 fully saturated rings. The minimum Gasteiger partial charge on any atom is -0.341 e. The SMILES string of the molecule is CN(C(=O)C1CSCN1)C1C2CC3CC(C2)CC1C3. The van der Waals surface area contributed by atoms with Crippen LogP contribution in [0.5, 0.6) is 0 Å². The molecule has 0 radical (unpaired) electrons. The van der Waals surface area contributed by atoms with Gasteiger partial charge in [0.2, 0.25) is 5.91 Å². The third kappa shape index (κ3) is 2.02. The molecule has 0 spiro atoms. The molecule has 1 unspecified atom stereocenters. The number of nitrogens with one attached hydrogen (secondary N) is 1. The molecule has 5 aliphatic rings. The molecule has 0 aromatic heterocycles. The van der Waals surface area contributed by atoms with Crippen LogP contribution in [0.25, 0.3) is 0 Å². The third-order valence-corrected chi connectivity index (χ3v) is 6.93. The van der Waals surface area contributed by atoms with E-state index in [0.717, 1.165) is 35.3 Å². The van der Waals surface area contributed by atoms with Crippen LogP contribution in [0.3, 0.4) is 0 Å². The van der Waals surface area contributed by atoms with Crippen molar-refractivity contribution in [1.29, 1.82) is 0 Å². The Hall–Kier alpha value is -0.220. The van der Waals surface area contributed by atoms with Gasteiger partial charge in [-0.2, -0.15) is 0 Å². The Kier molecular flexibility index (Phi) is 3.07. The molecule has 1 N–H and O–H groups in total. The molecule has 1 heterocycles. The number of carbonyl (C=O) groups excluding carboxylic acids is 1. The average molecular weight is 280 g/mol. The highest BCUT2D eigenvalue weighted by molar-refractivity contribution is 7.99. The minimum atomic E-state index is 0.0761. The number of likely N-dealkylation sites (N-methyl/N-ethyl adjacent to an activating group) is 1. The van der Waals surface area contributed by atoms with E-state index in [4.69, 9.17) is 0 Å². The van der Waals surface area contributed by atoms with Gasteiger partial charge >= 0.3 is 0 Å². The van der Waals surface area contributed by atoms with Gasteiger partial charge in [0.05, 0.1) is 6.04 Å². The summed E-state index contributed by atoms with van der Waals surface area (Å²) in [5.74, 6) is 5.83. The zero-order valence-corrected chi connectivity index (χ0v) is 12.5. The molecule has 4 aliphatic carbocycles. The summed E-state index contributed by atoms with van der Waals surface area (Å²) in [7, 11) is 2.07. The Morgan fingerprint density at radius 1 is 1.11 bits per heavy atom. The van der Waals surface area contributed by atoms with Gasteiger partial charge in [0.25, 0.3) is 0 Å². The lowest BCUT2D eigenvalue weighted by Crippen LogP contribution is -2.58. The van der Waals surface area contributed by atoms with Crippen molar-refractivity contribution in [1.82, 2.24) is 10.2 Å². The fourth-order valence-corrected chi connectivity index (χ4v) is 6.41. The van der Waals surface area contributed by atoms with Gasteiger partial charge in [0, 0.05) is 24.7 Å². The Bertz CT molecular complexity index is 352. The zero-order chi connectivity index (χ0) is 13.0. The van der Waals surface area contributed by atoms with E-state index >= 15 is 0 Å². The summed E-state index contributed by atoms with van der Waals surface area (Å²) in [6, 6.07) is 0.625. The molecular weight excluding hydrogens is 256 g/mol. The first-order valence-corrected chi connectivity index (χ1v) is 8.95. The maximum atomic E-state index is 12.6. The number of carbonyl (C=O) groups is 1. The molecule has 0 aromatic carbocycles. The van der Waals surface area contributed by atoms with E-state index in [-0.39, 0.29) is 6.04 Å². The van der Waals surface area contributed by atoms with E-state index < -0.39 is 0 Å². The van der Waals surface area contributed by atoms with E-state index in [0.29, 0.717) is 11.9 Å². The number of rotatable bonds is 2. The normalized spacial score (nSPS) is 47.6. The second-order valence-electron chi connectivity index (χ2n) is 7.14. The van der Waals surface area contributed by atoms with Gasteiger partial charge in [0.15, 0.2) is 0 Å². The molecule has 4 saturated carbocycles. The maximum Gasteiger partial charge on any atom is 0.240 e. The first-order valence-electron chi connectivity index (χ1n) is 7.80. The van der Waals surface area contributed by atoms with Gasteiger partial charge < -0.3 is 4.90 Å². The Morgan fingerprint density at radius 2 is 1.74 bits per heavy atom. The van der Waals surface area contributed by atoms with Gasteiger partial charge in [-0.25, -0.2) is 0 Å². The summed E-state index contributed by atoms with van der Waals surface area (Å²) < 4.78 is 0. The number of thioether (sulfide) groups is 1. The highest BCUT2D eigenvalue weighted by Crippen LogP contribution is 2.55. The van der Waals surface area contributed by atoms with E-state index in [1.54, 1.807) is 0 Å². The zero-order valence-electron chi connectivity index (χ0n) is 11.7. The summed E-state index contributed by atoms with van der Waals surface area (Å²) in [6.45, 7) is 0. The Morgan fingerprint density at radius 3 is 2.26 bits per heavy atom. The first-order chi connectivity index (χ1) is 9.22. The fourth-order valence-electron chi connectivity index (χ4n) is 5.48. The van der Waals surface area contributed by atoms with Crippen LogP contribution in [-0.2, 0) is 4.79 Å². The number of amides is 1. The Balaban J connectivity index is 1.50. The van der Waals surface area contributed by atoms with Gasteiger partial charge in [-0.1, -0.05) is 0 Å². The molecular formula is C15H24N2OS. The predicted molar refractivity (Wildman–Crippen MR) is 77.9 cm³/mol. The lowest BCUT2D eigenvalue weighted by molar-refractivity contribution is -0.142. The smallest absolute Gasteiger partial charge is 0.240 e. The summed E-state index contributed by atoms with van der Waals surface area (Å²) in [6.07, 6.45) is 7.05. The van der Waals surface area contributed by atoms with E-state index in [9.17, 15) is 4.79 Å². The predicted octanol–water partition coefficient (Wildman–Crippen LogP) is 1.93. The lowest BCUT2D eigenvalue weighted by Gasteiger charge is -2.56. The molecule has 19 heavy (non-hydrogen) atoms. The molecule has 1 aliphatic heterocycles. The Labute approximate surface area is 119 Å². The molecule has 1 atom stereocenters. The monoisotopic (exact) mass is 280 g/mol. The van der Waals surface area contributed by atoms with Crippen LogP contribution in [0.2, 0.25) is 0 Å². The fraction of sp³-hybridized carbons (Fsp3) is 0.933. The van der Waals surface area contributed by atoms with Crippen molar-refractivity contribution in [2.45, 2.75) is 44.2 Å². The number of hydrogen-bond acceptors (Lipinski definition) is 3. The molecule has 106 valence electrons. The first kappa shape index (κ1) is 12.5. The molecule has 4 heteroatoms. The van der Waals surface area contributed by atoms with Crippen molar-refractivity contribution < 1.29 is 4.79 Å². The van der Waals surface area contributed by atoms with Crippen LogP contribution in [-0.4, -0.2) is 41.6 Å². The topological polar surface area (TPSA) is 32.3 Å². The molecule has 4 bridgehead atoms. The number of nitrogens with zero attached hydrogens (tertiary/aromatic N) is 1.